The van der Waals surface area contributed by atoms with Crippen molar-refractivity contribution in [2.24, 2.45) is 0 Å². The molecule has 1 atom stereocenters. The van der Waals surface area contributed by atoms with Crippen LogP contribution in [0.15, 0.2) is 24.8 Å². The number of esters is 2. The Bertz CT molecular complexity index is 400. The Morgan fingerprint density at radius 3 is 2.33 bits per heavy atom. The Morgan fingerprint density at radius 2 is 1.81 bits per heavy atom. The number of rotatable bonds is 11. The largest absolute Gasteiger partial charge is 0.458 e. The van der Waals surface area contributed by atoms with Crippen LogP contribution < -0.4 is 0 Å². The van der Waals surface area contributed by atoms with Gasteiger partial charge in [-0.25, -0.2) is 14.6 Å². The highest BCUT2D eigenvalue weighted by atomic mass is 17.2. The van der Waals surface area contributed by atoms with Gasteiger partial charge in [0.1, 0.15) is 32.0 Å². The molecular formula is C14H20O7. The van der Waals surface area contributed by atoms with E-state index in [9.17, 15) is 14.4 Å². The van der Waals surface area contributed by atoms with Gasteiger partial charge in [0.25, 0.3) is 0 Å². The molecule has 0 aliphatic carbocycles. The predicted molar refractivity (Wildman–Crippen MR) is 73.1 cm³/mol. The van der Waals surface area contributed by atoms with Crippen LogP contribution in [0.3, 0.4) is 0 Å². The van der Waals surface area contributed by atoms with Crippen LogP contribution in [0, 0.1) is 0 Å². The number of ketones is 1. The van der Waals surface area contributed by atoms with Gasteiger partial charge >= 0.3 is 11.9 Å². The monoisotopic (exact) mass is 300 g/mol. The molecule has 0 radical (unpaired) electrons. The Kier molecular flexibility index (Phi) is 9.74. The van der Waals surface area contributed by atoms with Crippen molar-refractivity contribution in [3.05, 3.63) is 24.8 Å². The van der Waals surface area contributed by atoms with Gasteiger partial charge in [-0.05, 0) is 13.8 Å². The number of Topliss-reactive ketones (excluding diaryl/α,β-unsaturated/α-hetero) is 1. The normalized spacial score (nSPS) is 11.3. The van der Waals surface area contributed by atoms with E-state index in [1.54, 1.807) is 6.92 Å². The summed E-state index contributed by atoms with van der Waals surface area (Å²) in [5, 5.41) is 0. The van der Waals surface area contributed by atoms with Gasteiger partial charge in [-0.1, -0.05) is 18.7 Å². The molecule has 0 aliphatic heterocycles. The van der Waals surface area contributed by atoms with Crippen LogP contribution in [0.2, 0.25) is 0 Å². The molecule has 0 saturated heterocycles. The Morgan fingerprint density at radius 1 is 1.14 bits per heavy atom. The maximum Gasteiger partial charge on any atom is 0.330 e. The predicted octanol–water partition coefficient (Wildman–Crippen LogP) is 1.13. The lowest BCUT2D eigenvalue weighted by Crippen LogP contribution is -2.30. The number of hydrogen-bond donors (Lipinski definition) is 0. The van der Waals surface area contributed by atoms with Crippen LogP contribution >= 0.6 is 0 Å². The summed E-state index contributed by atoms with van der Waals surface area (Å²) >= 11 is 0. The molecule has 0 spiro atoms. The van der Waals surface area contributed by atoms with Crippen LogP contribution in [0.25, 0.3) is 0 Å². The summed E-state index contributed by atoms with van der Waals surface area (Å²) in [7, 11) is 0. The Balaban J connectivity index is 4.28. The van der Waals surface area contributed by atoms with Gasteiger partial charge in [-0.15, -0.1) is 0 Å². The SMILES string of the molecule is C=CC(=O)OCC(COOCC(=C)C)OC(=O)CC(C)=O. The molecule has 0 aromatic rings. The van der Waals surface area contributed by atoms with E-state index in [4.69, 9.17) is 19.2 Å². The lowest BCUT2D eigenvalue weighted by molar-refractivity contribution is -0.301. The Hall–Kier alpha value is -1.99. The molecule has 21 heavy (non-hydrogen) atoms. The molecule has 0 rings (SSSR count). The van der Waals surface area contributed by atoms with Crippen molar-refractivity contribution < 1.29 is 33.6 Å². The summed E-state index contributed by atoms with van der Waals surface area (Å²) in [5.41, 5.74) is 0.748. The highest BCUT2D eigenvalue weighted by Gasteiger charge is 2.18. The molecule has 118 valence electrons. The molecule has 7 heteroatoms. The maximum atomic E-state index is 11.4. The van der Waals surface area contributed by atoms with E-state index in [0.29, 0.717) is 0 Å². The van der Waals surface area contributed by atoms with E-state index in [1.165, 1.54) is 6.92 Å². The van der Waals surface area contributed by atoms with Crippen LogP contribution in [-0.2, 0) is 33.6 Å². The number of ether oxygens (including phenoxy) is 2. The zero-order valence-corrected chi connectivity index (χ0v) is 12.3. The zero-order valence-electron chi connectivity index (χ0n) is 12.3. The van der Waals surface area contributed by atoms with Gasteiger partial charge < -0.3 is 9.47 Å². The first-order chi connectivity index (χ1) is 9.85. The minimum atomic E-state index is -0.883. The molecule has 0 saturated carbocycles. The number of carbonyl (C=O) groups excluding carboxylic acids is 3. The molecule has 0 heterocycles. The van der Waals surface area contributed by atoms with Gasteiger partial charge in [-0.2, -0.15) is 0 Å². The summed E-state index contributed by atoms with van der Waals surface area (Å²) in [6.45, 7) is 9.67. The summed E-state index contributed by atoms with van der Waals surface area (Å²) in [6.07, 6.45) is -0.267. The third kappa shape index (κ3) is 11.5. The van der Waals surface area contributed by atoms with E-state index < -0.39 is 18.0 Å². The van der Waals surface area contributed by atoms with Crippen LogP contribution in [0.1, 0.15) is 20.3 Å². The second kappa shape index (κ2) is 10.8. The molecule has 0 amide bonds. The van der Waals surface area contributed by atoms with E-state index in [1.807, 2.05) is 0 Å². The van der Waals surface area contributed by atoms with Crippen molar-refractivity contribution in [2.45, 2.75) is 26.4 Å². The lowest BCUT2D eigenvalue weighted by atomic mass is 10.3. The van der Waals surface area contributed by atoms with Gasteiger partial charge in [0, 0.05) is 6.08 Å². The smallest absolute Gasteiger partial charge is 0.330 e. The fourth-order valence-corrected chi connectivity index (χ4v) is 1.05. The van der Waals surface area contributed by atoms with E-state index in [0.717, 1.165) is 11.6 Å². The van der Waals surface area contributed by atoms with E-state index in [2.05, 4.69) is 13.2 Å². The van der Waals surface area contributed by atoms with Crippen molar-refractivity contribution in [1.29, 1.82) is 0 Å². The molecule has 0 fully saturated rings. The zero-order chi connectivity index (χ0) is 16.3. The quantitative estimate of drug-likeness (QED) is 0.107. The third-order valence-corrected chi connectivity index (χ3v) is 1.91. The molecule has 1 unspecified atom stereocenters. The minimum absolute atomic E-state index is 0.151. The Labute approximate surface area is 123 Å². The molecule has 0 aliphatic rings. The second-order valence-electron chi connectivity index (χ2n) is 4.33. The average Bonchev–Trinajstić information content (AvgIpc) is 2.38. The lowest BCUT2D eigenvalue weighted by Gasteiger charge is -2.17. The fourth-order valence-electron chi connectivity index (χ4n) is 1.05. The molecule has 0 bridgehead atoms. The van der Waals surface area contributed by atoms with Crippen molar-refractivity contribution in [3.63, 3.8) is 0 Å². The fraction of sp³-hybridized carbons (Fsp3) is 0.500. The number of hydrogen-bond acceptors (Lipinski definition) is 7. The van der Waals surface area contributed by atoms with Crippen molar-refractivity contribution in [3.8, 4) is 0 Å². The summed E-state index contributed by atoms with van der Waals surface area (Å²) < 4.78 is 9.73. The molecule has 0 aromatic carbocycles. The van der Waals surface area contributed by atoms with Gasteiger partial charge in [0.15, 0.2) is 6.10 Å². The first kappa shape index (κ1) is 19.0. The molecule has 7 nitrogen and oxygen atoms in total. The van der Waals surface area contributed by atoms with Crippen LogP contribution in [-0.4, -0.2) is 43.6 Å². The third-order valence-electron chi connectivity index (χ3n) is 1.91. The highest BCUT2D eigenvalue weighted by molar-refractivity contribution is 5.94. The first-order valence-electron chi connectivity index (χ1n) is 6.22. The van der Waals surface area contributed by atoms with E-state index in [-0.39, 0.29) is 32.0 Å². The average molecular weight is 300 g/mol. The molecule has 0 aromatic heterocycles. The van der Waals surface area contributed by atoms with Crippen LogP contribution in [0.5, 0.6) is 0 Å². The summed E-state index contributed by atoms with van der Waals surface area (Å²) in [6, 6.07) is 0. The van der Waals surface area contributed by atoms with Gasteiger partial charge in [-0.3, -0.25) is 9.59 Å². The van der Waals surface area contributed by atoms with Crippen LogP contribution in [0.4, 0.5) is 0 Å². The van der Waals surface area contributed by atoms with Crippen molar-refractivity contribution in [2.75, 3.05) is 19.8 Å². The van der Waals surface area contributed by atoms with Gasteiger partial charge in [0.2, 0.25) is 0 Å². The topological polar surface area (TPSA) is 88.1 Å². The maximum absolute atomic E-state index is 11.4. The van der Waals surface area contributed by atoms with E-state index >= 15 is 0 Å². The number of carbonyl (C=O) groups is 3. The standard InChI is InChI=1S/C14H20O7/c1-5-13(16)18-8-12(9-20-19-7-10(2)3)21-14(17)6-11(4)15/h5,12H,1-2,6-9H2,3-4H3. The van der Waals surface area contributed by atoms with Gasteiger partial charge in [0.05, 0.1) is 0 Å². The highest BCUT2D eigenvalue weighted by Crippen LogP contribution is 2.01. The second-order valence-corrected chi connectivity index (χ2v) is 4.33. The minimum Gasteiger partial charge on any atom is -0.458 e. The molecular weight excluding hydrogens is 280 g/mol. The van der Waals surface area contributed by atoms with Crippen molar-refractivity contribution >= 4 is 17.7 Å². The molecule has 0 N–H and O–H groups in total. The van der Waals surface area contributed by atoms with Crippen molar-refractivity contribution in [1.82, 2.24) is 0 Å². The first-order valence-corrected chi connectivity index (χ1v) is 6.22. The summed E-state index contributed by atoms with van der Waals surface area (Å²) in [4.78, 5) is 42.8. The summed E-state index contributed by atoms with van der Waals surface area (Å²) in [5.74, 6) is -1.72.